The van der Waals surface area contributed by atoms with Gasteiger partial charge >= 0.3 is 12.3 Å². The Balaban J connectivity index is 1.77. The molecule has 1 aliphatic rings. The molecule has 1 heterocycles. The van der Waals surface area contributed by atoms with Crippen molar-refractivity contribution in [1.29, 1.82) is 0 Å². The highest BCUT2D eigenvalue weighted by Gasteiger charge is 2.41. The molecule has 2 rings (SSSR count). The van der Waals surface area contributed by atoms with Gasteiger partial charge in [-0.15, -0.1) is 11.3 Å². The van der Waals surface area contributed by atoms with E-state index < -0.39 is 19.0 Å². The van der Waals surface area contributed by atoms with Gasteiger partial charge in [0, 0.05) is 11.3 Å². The molecule has 0 aromatic carbocycles. The molecule has 96 valence electrons. The second kappa shape index (κ2) is 4.89. The van der Waals surface area contributed by atoms with Crippen molar-refractivity contribution in [3.63, 3.8) is 0 Å². The molecule has 1 aromatic rings. The second-order valence-electron chi connectivity index (χ2n) is 3.99. The molecule has 17 heavy (non-hydrogen) atoms. The molecule has 0 bridgehead atoms. The van der Waals surface area contributed by atoms with Gasteiger partial charge in [0.25, 0.3) is 0 Å². The highest BCUT2D eigenvalue weighted by atomic mass is 32.1. The van der Waals surface area contributed by atoms with Crippen LogP contribution in [-0.2, 0) is 11.3 Å². The van der Waals surface area contributed by atoms with E-state index in [2.05, 4.69) is 9.72 Å². The maximum atomic E-state index is 12.5. The zero-order valence-corrected chi connectivity index (χ0v) is 9.65. The summed E-state index contributed by atoms with van der Waals surface area (Å²) in [5.74, 6) is -3.60. The van der Waals surface area contributed by atoms with Crippen LogP contribution in [0.15, 0.2) is 5.38 Å². The van der Waals surface area contributed by atoms with Crippen LogP contribution in [0.25, 0.3) is 0 Å². The van der Waals surface area contributed by atoms with E-state index in [0.717, 1.165) is 18.5 Å². The SMILES string of the molecule is FC(F)C(F)(F)COCc1nc(C2CC2)cs1. The summed E-state index contributed by atoms with van der Waals surface area (Å²) < 4.78 is 53.2. The first-order valence-corrected chi connectivity index (χ1v) is 6.05. The van der Waals surface area contributed by atoms with Crippen LogP contribution in [-0.4, -0.2) is 23.9 Å². The van der Waals surface area contributed by atoms with Crippen LogP contribution in [0, 0.1) is 0 Å². The van der Waals surface area contributed by atoms with Crippen molar-refractivity contribution in [1.82, 2.24) is 4.98 Å². The zero-order valence-electron chi connectivity index (χ0n) is 8.84. The standard InChI is InChI=1S/C10H11F4NOS/c11-9(12)10(13,14)5-16-3-8-15-7(4-17-8)6-1-2-6/h4,6,9H,1-3,5H2. The molecule has 0 amide bonds. The summed E-state index contributed by atoms with van der Waals surface area (Å²) in [4.78, 5) is 4.20. The fourth-order valence-electron chi connectivity index (χ4n) is 1.30. The minimum atomic E-state index is -4.09. The molecule has 0 N–H and O–H groups in total. The lowest BCUT2D eigenvalue weighted by Gasteiger charge is -2.14. The summed E-state index contributed by atoms with van der Waals surface area (Å²) in [6.45, 7) is -1.41. The Bertz CT molecular complexity index is 378. The molecule has 2 nitrogen and oxygen atoms in total. The van der Waals surface area contributed by atoms with E-state index in [-0.39, 0.29) is 6.61 Å². The van der Waals surface area contributed by atoms with Gasteiger partial charge in [-0.25, -0.2) is 13.8 Å². The maximum Gasteiger partial charge on any atom is 0.330 e. The number of hydrogen-bond donors (Lipinski definition) is 0. The Labute approximate surface area is 99.6 Å². The summed E-state index contributed by atoms with van der Waals surface area (Å²) in [7, 11) is 0. The first-order chi connectivity index (χ1) is 7.99. The summed E-state index contributed by atoms with van der Waals surface area (Å²) >= 11 is 1.31. The number of aromatic nitrogens is 1. The van der Waals surface area contributed by atoms with Gasteiger partial charge in [-0.1, -0.05) is 0 Å². The van der Waals surface area contributed by atoms with Gasteiger partial charge in [-0.05, 0) is 12.8 Å². The van der Waals surface area contributed by atoms with E-state index in [9.17, 15) is 17.6 Å². The van der Waals surface area contributed by atoms with Crippen LogP contribution in [0.5, 0.6) is 0 Å². The van der Waals surface area contributed by atoms with E-state index in [1.165, 1.54) is 11.3 Å². The molecule has 1 aliphatic carbocycles. The van der Waals surface area contributed by atoms with Crippen molar-refractivity contribution in [2.45, 2.75) is 37.7 Å². The summed E-state index contributed by atoms with van der Waals surface area (Å²) in [5.41, 5.74) is 0.953. The Hall–Kier alpha value is -0.690. The first kappa shape index (κ1) is 12.8. The minimum absolute atomic E-state index is 0.139. The minimum Gasteiger partial charge on any atom is -0.368 e. The van der Waals surface area contributed by atoms with Gasteiger partial charge in [-0.3, -0.25) is 0 Å². The van der Waals surface area contributed by atoms with Gasteiger partial charge in [0.15, 0.2) is 0 Å². The molecule has 0 saturated heterocycles. The van der Waals surface area contributed by atoms with Gasteiger partial charge < -0.3 is 4.74 Å². The van der Waals surface area contributed by atoms with E-state index >= 15 is 0 Å². The van der Waals surface area contributed by atoms with E-state index in [0.29, 0.717) is 10.9 Å². The molecular formula is C10H11F4NOS. The average molecular weight is 269 g/mol. The monoisotopic (exact) mass is 269 g/mol. The van der Waals surface area contributed by atoms with Crippen LogP contribution in [0.4, 0.5) is 17.6 Å². The lowest BCUT2D eigenvalue weighted by molar-refractivity contribution is -0.168. The number of alkyl halides is 4. The predicted octanol–water partition coefficient (Wildman–Crippen LogP) is 3.44. The van der Waals surface area contributed by atoms with E-state index in [1.54, 1.807) is 0 Å². The highest BCUT2D eigenvalue weighted by Crippen LogP contribution is 2.40. The lowest BCUT2D eigenvalue weighted by Crippen LogP contribution is -2.32. The fraction of sp³-hybridized carbons (Fsp3) is 0.700. The van der Waals surface area contributed by atoms with E-state index in [4.69, 9.17) is 0 Å². The number of hydrogen-bond acceptors (Lipinski definition) is 3. The van der Waals surface area contributed by atoms with Crippen LogP contribution in [0.3, 0.4) is 0 Å². The Morgan fingerprint density at radius 2 is 2.18 bits per heavy atom. The largest absolute Gasteiger partial charge is 0.368 e. The van der Waals surface area contributed by atoms with Crippen LogP contribution < -0.4 is 0 Å². The summed E-state index contributed by atoms with van der Waals surface area (Å²) in [5, 5.41) is 2.42. The molecule has 7 heteroatoms. The average Bonchev–Trinajstić information content (AvgIpc) is 2.99. The molecule has 1 aromatic heterocycles. The molecule has 1 saturated carbocycles. The first-order valence-electron chi connectivity index (χ1n) is 5.17. The van der Waals surface area contributed by atoms with Crippen molar-refractivity contribution in [2.75, 3.05) is 6.61 Å². The summed E-state index contributed by atoms with van der Waals surface area (Å²) in [6, 6.07) is 0. The Morgan fingerprint density at radius 3 is 2.76 bits per heavy atom. The highest BCUT2D eigenvalue weighted by molar-refractivity contribution is 7.09. The zero-order chi connectivity index (χ0) is 12.5. The lowest BCUT2D eigenvalue weighted by atomic mass is 10.3. The smallest absolute Gasteiger partial charge is 0.330 e. The summed E-state index contributed by atoms with van der Waals surface area (Å²) in [6.07, 6.45) is -1.48. The predicted molar refractivity (Wildman–Crippen MR) is 54.7 cm³/mol. The molecule has 0 radical (unpaired) electrons. The maximum absolute atomic E-state index is 12.5. The Kier molecular flexibility index (Phi) is 3.67. The second-order valence-corrected chi connectivity index (χ2v) is 4.94. The molecular weight excluding hydrogens is 258 g/mol. The Morgan fingerprint density at radius 1 is 1.47 bits per heavy atom. The van der Waals surface area contributed by atoms with E-state index in [1.807, 2.05) is 5.38 Å². The van der Waals surface area contributed by atoms with Crippen LogP contribution in [0.1, 0.15) is 29.5 Å². The van der Waals surface area contributed by atoms with Gasteiger partial charge in [0.1, 0.15) is 11.6 Å². The van der Waals surface area contributed by atoms with Crippen LogP contribution in [0.2, 0.25) is 0 Å². The third-order valence-corrected chi connectivity index (χ3v) is 3.24. The number of nitrogens with zero attached hydrogens (tertiary/aromatic N) is 1. The molecule has 1 fully saturated rings. The fourth-order valence-corrected chi connectivity index (χ4v) is 2.11. The van der Waals surface area contributed by atoms with Crippen molar-refractivity contribution in [2.24, 2.45) is 0 Å². The van der Waals surface area contributed by atoms with Gasteiger partial charge in [0.05, 0.1) is 12.3 Å². The molecule has 0 unspecified atom stereocenters. The number of halogens is 4. The molecule has 0 aliphatic heterocycles. The normalized spacial score (nSPS) is 16.8. The van der Waals surface area contributed by atoms with Crippen molar-refractivity contribution in [3.05, 3.63) is 16.1 Å². The van der Waals surface area contributed by atoms with Gasteiger partial charge in [0.2, 0.25) is 0 Å². The van der Waals surface area contributed by atoms with Crippen molar-refractivity contribution < 1.29 is 22.3 Å². The van der Waals surface area contributed by atoms with Crippen molar-refractivity contribution >= 4 is 11.3 Å². The third-order valence-electron chi connectivity index (χ3n) is 2.40. The van der Waals surface area contributed by atoms with Crippen LogP contribution >= 0.6 is 11.3 Å². The number of rotatable bonds is 6. The third kappa shape index (κ3) is 3.38. The molecule has 0 spiro atoms. The quantitative estimate of drug-likeness (QED) is 0.738. The number of ether oxygens (including phenoxy) is 1. The molecule has 0 atom stereocenters. The van der Waals surface area contributed by atoms with Crippen molar-refractivity contribution in [3.8, 4) is 0 Å². The topological polar surface area (TPSA) is 22.1 Å². The van der Waals surface area contributed by atoms with Gasteiger partial charge in [-0.2, -0.15) is 8.78 Å². The number of thiazole rings is 1.